The topological polar surface area (TPSA) is 93.4 Å². The van der Waals surface area contributed by atoms with Crippen LogP contribution in [0.3, 0.4) is 0 Å². The summed E-state index contributed by atoms with van der Waals surface area (Å²) in [7, 11) is 0. The molecule has 0 aromatic rings. The van der Waals surface area contributed by atoms with Crippen LogP contribution in [0.5, 0.6) is 0 Å². The van der Waals surface area contributed by atoms with E-state index in [4.69, 9.17) is 10.5 Å². The lowest BCUT2D eigenvalue weighted by molar-refractivity contribution is -0.121. The molecule has 0 aromatic carbocycles. The highest BCUT2D eigenvalue weighted by atomic mass is 16.6. The number of hydrogen-bond donors (Lipinski definition) is 3. The first-order valence-corrected chi connectivity index (χ1v) is 7.93. The van der Waals surface area contributed by atoms with Gasteiger partial charge in [-0.3, -0.25) is 4.79 Å². The summed E-state index contributed by atoms with van der Waals surface area (Å²) < 4.78 is 5.23. The molecule has 0 aromatic heterocycles. The Hall–Kier alpha value is -1.30. The third kappa shape index (κ3) is 8.87. The number of hydrogen-bond acceptors (Lipinski definition) is 4. The van der Waals surface area contributed by atoms with Gasteiger partial charge in [0.2, 0.25) is 5.91 Å². The summed E-state index contributed by atoms with van der Waals surface area (Å²) in [5.74, 6) is 0.318. The van der Waals surface area contributed by atoms with Crippen LogP contribution in [0.4, 0.5) is 4.79 Å². The summed E-state index contributed by atoms with van der Waals surface area (Å²) in [5, 5.41) is 5.99. The van der Waals surface area contributed by atoms with Crippen LogP contribution in [0.1, 0.15) is 48.5 Å². The molecule has 6 heteroatoms. The fourth-order valence-corrected chi connectivity index (χ4v) is 2.02. The van der Waals surface area contributed by atoms with Gasteiger partial charge in [0.25, 0.3) is 0 Å². The number of nitrogens with two attached hydrogens (primary N) is 1. The molecule has 0 spiro atoms. The Balaban J connectivity index is 4.44. The molecule has 2 atom stereocenters. The van der Waals surface area contributed by atoms with Crippen molar-refractivity contribution in [1.29, 1.82) is 0 Å². The van der Waals surface area contributed by atoms with Gasteiger partial charge < -0.3 is 21.1 Å². The Morgan fingerprint density at radius 3 is 1.95 bits per heavy atom. The molecular weight excluding hydrogens is 282 g/mol. The van der Waals surface area contributed by atoms with Gasteiger partial charge in [-0.05, 0) is 38.5 Å². The summed E-state index contributed by atoms with van der Waals surface area (Å²) in [4.78, 5) is 23.1. The Bertz CT molecular complexity index is 362. The Labute approximate surface area is 134 Å². The molecule has 4 N–H and O–H groups in total. The van der Waals surface area contributed by atoms with Crippen LogP contribution >= 0.6 is 0 Å². The predicted molar refractivity (Wildman–Crippen MR) is 88.4 cm³/mol. The lowest BCUT2D eigenvalue weighted by Crippen LogP contribution is -2.48. The number of carbonyl (C=O) groups is 2. The van der Waals surface area contributed by atoms with Crippen LogP contribution < -0.4 is 16.4 Å². The highest BCUT2D eigenvalue weighted by Crippen LogP contribution is 2.11. The van der Waals surface area contributed by atoms with Gasteiger partial charge in [-0.2, -0.15) is 0 Å². The average molecular weight is 315 g/mol. The molecule has 130 valence electrons. The fourth-order valence-electron chi connectivity index (χ4n) is 2.02. The third-order valence-electron chi connectivity index (χ3n) is 3.42. The lowest BCUT2D eigenvalue weighted by atomic mass is 9.94. The number of rotatable bonds is 8. The van der Waals surface area contributed by atoms with Crippen molar-refractivity contribution in [3.63, 3.8) is 0 Å². The summed E-state index contributed by atoms with van der Waals surface area (Å²) >= 11 is 0. The number of primary amides is 1. The van der Waals surface area contributed by atoms with E-state index in [1.807, 2.05) is 34.6 Å². The molecule has 2 amide bonds. The van der Waals surface area contributed by atoms with Crippen molar-refractivity contribution in [3.05, 3.63) is 0 Å². The minimum absolute atomic E-state index is 0.129. The molecule has 0 radical (unpaired) electrons. The van der Waals surface area contributed by atoms with E-state index in [0.717, 1.165) is 0 Å². The number of carbonyl (C=O) groups excluding carboxylic acids is 2. The number of nitrogens with one attached hydrogen (secondary N) is 2. The van der Waals surface area contributed by atoms with Crippen LogP contribution in [0, 0.1) is 17.8 Å². The monoisotopic (exact) mass is 315 g/mol. The standard InChI is InChI=1S/C16H33N3O3/c1-10(2)12(8-18-13(11(3)4)14(17)20)9-19-15(21)22-16(5,6)7/h10-13,18H,8-9H2,1-7H3,(H2,17,20)(H,19,21). The normalized spacial score (nSPS) is 14.8. The minimum atomic E-state index is -0.510. The largest absolute Gasteiger partial charge is 0.444 e. The Morgan fingerprint density at radius 2 is 1.59 bits per heavy atom. The Kier molecular flexibility index (Phi) is 8.45. The first-order valence-electron chi connectivity index (χ1n) is 7.93. The van der Waals surface area contributed by atoms with E-state index in [1.165, 1.54) is 0 Å². The maximum atomic E-state index is 11.7. The van der Waals surface area contributed by atoms with E-state index in [1.54, 1.807) is 0 Å². The van der Waals surface area contributed by atoms with Crippen LogP contribution in [-0.2, 0) is 9.53 Å². The number of amides is 2. The molecule has 0 saturated heterocycles. The SMILES string of the molecule is CC(C)C(CNC(=O)OC(C)(C)C)CNC(C(N)=O)C(C)C. The molecule has 2 unspecified atom stereocenters. The first kappa shape index (κ1) is 20.7. The zero-order chi connectivity index (χ0) is 17.5. The van der Waals surface area contributed by atoms with Gasteiger partial charge in [-0.15, -0.1) is 0 Å². The number of alkyl carbamates (subject to hydrolysis) is 1. The van der Waals surface area contributed by atoms with E-state index in [2.05, 4.69) is 24.5 Å². The molecule has 0 aliphatic carbocycles. The van der Waals surface area contributed by atoms with Crippen molar-refractivity contribution in [2.75, 3.05) is 13.1 Å². The van der Waals surface area contributed by atoms with Crippen LogP contribution in [0.15, 0.2) is 0 Å². The van der Waals surface area contributed by atoms with E-state index in [9.17, 15) is 9.59 Å². The van der Waals surface area contributed by atoms with Crippen molar-refractivity contribution in [3.8, 4) is 0 Å². The molecule has 0 bridgehead atoms. The van der Waals surface area contributed by atoms with Crippen LogP contribution in [0.25, 0.3) is 0 Å². The van der Waals surface area contributed by atoms with Crippen LogP contribution in [0.2, 0.25) is 0 Å². The van der Waals surface area contributed by atoms with Gasteiger partial charge in [-0.25, -0.2) is 4.79 Å². The van der Waals surface area contributed by atoms with Crippen molar-refractivity contribution in [2.45, 2.75) is 60.1 Å². The molecule has 0 aliphatic rings. The van der Waals surface area contributed by atoms with Crippen molar-refractivity contribution >= 4 is 12.0 Å². The maximum Gasteiger partial charge on any atom is 0.407 e. The summed E-state index contributed by atoms with van der Waals surface area (Å²) in [6.45, 7) is 14.6. The second-order valence-corrected chi connectivity index (χ2v) is 7.42. The van der Waals surface area contributed by atoms with Crippen molar-refractivity contribution in [2.24, 2.45) is 23.5 Å². The second kappa shape index (κ2) is 8.98. The number of ether oxygens (including phenoxy) is 1. The quantitative estimate of drug-likeness (QED) is 0.637. The molecule has 6 nitrogen and oxygen atoms in total. The third-order valence-corrected chi connectivity index (χ3v) is 3.42. The zero-order valence-corrected chi connectivity index (χ0v) is 15.0. The van der Waals surface area contributed by atoms with E-state index in [0.29, 0.717) is 19.0 Å². The van der Waals surface area contributed by atoms with Gasteiger partial charge in [0.15, 0.2) is 0 Å². The highest BCUT2D eigenvalue weighted by Gasteiger charge is 2.23. The average Bonchev–Trinajstić information content (AvgIpc) is 2.29. The van der Waals surface area contributed by atoms with Gasteiger partial charge in [0, 0.05) is 13.1 Å². The molecule has 22 heavy (non-hydrogen) atoms. The van der Waals surface area contributed by atoms with Crippen molar-refractivity contribution in [1.82, 2.24) is 10.6 Å². The second-order valence-electron chi connectivity index (χ2n) is 7.42. The summed E-state index contributed by atoms with van der Waals surface area (Å²) in [6, 6.07) is -0.359. The van der Waals surface area contributed by atoms with Gasteiger partial charge >= 0.3 is 6.09 Å². The van der Waals surface area contributed by atoms with Crippen molar-refractivity contribution < 1.29 is 14.3 Å². The minimum Gasteiger partial charge on any atom is -0.444 e. The molecular formula is C16H33N3O3. The molecule has 0 heterocycles. The molecule has 0 aliphatic heterocycles. The van der Waals surface area contributed by atoms with E-state index in [-0.39, 0.29) is 23.8 Å². The maximum absolute atomic E-state index is 11.7. The first-order chi connectivity index (χ1) is 9.94. The highest BCUT2D eigenvalue weighted by molar-refractivity contribution is 5.80. The van der Waals surface area contributed by atoms with E-state index >= 15 is 0 Å². The molecule has 0 saturated carbocycles. The lowest BCUT2D eigenvalue weighted by Gasteiger charge is -2.27. The summed E-state index contributed by atoms with van der Waals surface area (Å²) in [6.07, 6.45) is -0.423. The fraction of sp³-hybridized carbons (Fsp3) is 0.875. The molecule has 0 fully saturated rings. The van der Waals surface area contributed by atoms with Gasteiger partial charge in [0.05, 0.1) is 6.04 Å². The zero-order valence-electron chi connectivity index (χ0n) is 15.0. The smallest absolute Gasteiger partial charge is 0.407 e. The van der Waals surface area contributed by atoms with E-state index < -0.39 is 11.7 Å². The van der Waals surface area contributed by atoms with Gasteiger partial charge in [0.1, 0.15) is 5.60 Å². The molecule has 0 rings (SSSR count). The summed E-state index contributed by atoms with van der Waals surface area (Å²) in [5.41, 5.74) is 4.89. The Morgan fingerprint density at radius 1 is 1.05 bits per heavy atom. The van der Waals surface area contributed by atoms with Gasteiger partial charge in [-0.1, -0.05) is 27.7 Å². The predicted octanol–water partition coefficient (Wildman–Crippen LogP) is 1.88. The van der Waals surface area contributed by atoms with Crippen LogP contribution in [-0.4, -0.2) is 36.7 Å².